The minimum absolute atomic E-state index is 0. The number of hydrogen-bond acceptors (Lipinski definition) is 0. The zero-order chi connectivity index (χ0) is 8.43. The van der Waals surface area contributed by atoms with Gasteiger partial charge in [0, 0.05) is 0 Å². The number of halogens is 2. The summed E-state index contributed by atoms with van der Waals surface area (Å²) in [5.74, 6) is 0.808. The van der Waals surface area contributed by atoms with Crippen molar-refractivity contribution >= 4 is 0 Å². The van der Waals surface area contributed by atoms with Crippen molar-refractivity contribution in [3.63, 3.8) is 0 Å². The maximum atomic E-state index is 2.38. The molecule has 3 heteroatoms. The summed E-state index contributed by atoms with van der Waals surface area (Å²) in [5.41, 5.74) is 3.17. The van der Waals surface area contributed by atoms with Gasteiger partial charge in [-0.2, -0.15) is 0 Å². The van der Waals surface area contributed by atoms with Gasteiger partial charge < -0.3 is 24.8 Å². The zero-order valence-electron chi connectivity index (χ0n) is 8.32. The van der Waals surface area contributed by atoms with Gasteiger partial charge in [0.2, 0.25) is 0 Å². The standard InChI is InChI=1S/C10H15.2ClH.Zr/c1-8(2)6-10-5-4-9(3)7-10;;;/h7-8H,4,6H2,1-3H3;2*1H;/q;;;+2/p-2. The first-order chi connectivity index (χ1) is 5.09. The molecular weight excluding hydrogens is 282 g/mol. The van der Waals surface area contributed by atoms with Gasteiger partial charge in [0.15, 0.2) is 0 Å². The second kappa shape index (κ2) is 7.26. The van der Waals surface area contributed by atoms with Gasteiger partial charge in [0.05, 0.1) is 0 Å². The Bertz CT molecular complexity index is 217. The minimum Gasteiger partial charge on any atom is -1.00 e. The van der Waals surface area contributed by atoms with Crippen LogP contribution in [0.5, 0.6) is 0 Å². The molecule has 0 bridgehead atoms. The average molecular weight is 297 g/mol. The van der Waals surface area contributed by atoms with Crippen molar-refractivity contribution in [1.29, 1.82) is 0 Å². The van der Waals surface area contributed by atoms with E-state index in [1.807, 2.05) is 0 Å². The van der Waals surface area contributed by atoms with Crippen molar-refractivity contribution in [2.24, 2.45) is 5.92 Å². The van der Waals surface area contributed by atoms with Gasteiger partial charge in [-0.3, -0.25) is 0 Å². The Labute approximate surface area is 109 Å². The van der Waals surface area contributed by atoms with E-state index in [0.29, 0.717) is 0 Å². The molecule has 0 heterocycles. The van der Waals surface area contributed by atoms with E-state index in [-0.39, 0.29) is 24.8 Å². The van der Waals surface area contributed by atoms with Crippen molar-refractivity contribution in [2.75, 3.05) is 0 Å². The Morgan fingerprint density at radius 1 is 1.38 bits per heavy atom. The van der Waals surface area contributed by atoms with E-state index < -0.39 is 0 Å². The molecule has 0 aromatic carbocycles. The first-order valence-corrected chi connectivity index (χ1v) is 5.43. The summed E-state index contributed by atoms with van der Waals surface area (Å²) in [5, 5.41) is 0. The smallest absolute Gasteiger partial charge is 1.00 e. The second-order valence-electron chi connectivity index (χ2n) is 3.77. The molecule has 0 aromatic heterocycles. The molecule has 1 aliphatic rings. The molecule has 0 aliphatic heterocycles. The molecule has 0 aromatic rings. The van der Waals surface area contributed by atoms with Gasteiger partial charge in [0.25, 0.3) is 0 Å². The maximum absolute atomic E-state index is 2.38. The Morgan fingerprint density at radius 2 is 1.92 bits per heavy atom. The third kappa shape index (κ3) is 5.40. The van der Waals surface area contributed by atoms with Crippen LogP contribution in [0.25, 0.3) is 0 Å². The van der Waals surface area contributed by atoms with E-state index in [2.05, 4.69) is 26.8 Å². The molecule has 0 nitrogen and oxygen atoms in total. The van der Waals surface area contributed by atoms with E-state index in [9.17, 15) is 0 Å². The van der Waals surface area contributed by atoms with Crippen molar-refractivity contribution in [3.8, 4) is 0 Å². The summed E-state index contributed by atoms with van der Waals surface area (Å²) < 4.78 is 1.67. The maximum Gasteiger partial charge on any atom is -1.00 e. The third-order valence-corrected chi connectivity index (χ3v) is 3.12. The summed E-state index contributed by atoms with van der Waals surface area (Å²) >= 11 is 1.61. The van der Waals surface area contributed by atoms with Crippen LogP contribution in [0.3, 0.4) is 0 Å². The molecule has 0 fully saturated rings. The monoisotopic (exact) mass is 295 g/mol. The van der Waals surface area contributed by atoms with Gasteiger partial charge in [-0.25, -0.2) is 0 Å². The summed E-state index contributed by atoms with van der Waals surface area (Å²) in [7, 11) is 0. The fourth-order valence-electron chi connectivity index (χ4n) is 1.45. The SMILES string of the molecule is CC1=CC(CC(C)C)=[C]([Zr+2])C1.[Cl-].[Cl-]. The first-order valence-electron chi connectivity index (χ1n) is 4.20. The van der Waals surface area contributed by atoms with Gasteiger partial charge in [-0.1, -0.05) is 0 Å². The Hall–Kier alpha value is 0.943. The van der Waals surface area contributed by atoms with Crippen molar-refractivity contribution < 1.29 is 49.5 Å². The Kier molecular flexibility index (Phi) is 9.15. The molecule has 1 aliphatic carbocycles. The largest absolute Gasteiger partial charge is 1.00 e. The predicted molar refractivity (Wildman–Crippen MR) is 44.9 cm³/mol. The minimum atomic E-state index is 0. The average Bonchev–Trinajstić information content (AvgIpc) is 2.09. The van der Waals surface area contributed by atoms with Crippen LogP contribution in [0.1, 0.15) is 33.6 Å². The van der Waals surface area contributed by atoms with Crippen LogP contribution in [0, 0.1) is 5.92 Å². The third-order valence-electron chi connectivity index (χ3n) is 1.89. The van der Waals surface area contributed by atoms with Crippen molar-refractivity contribution in [3.05, 3.63) is 20.5 Å². The fourth-order valence-corrected chi connectivity index (χ4v) is 2.56. The molecule has 1 rings (SSSR count). The molecule has 0 atom stereocenters. The van der Waals surface area contributed by atoms with E-state index in [1.54, 1.807) is 39.1 Å². The molecule has 0 radical (unpaired) electrons. The van der Waals surface area contributed by atoms with Gasteiger partial charge in [-0.05, 0) is 0 Å². The van der Waals surface area contributed by atoms with Crippen molar-refractivity contribution in [2.45, 2.75) is 33.6 Å². The topological polar surface area (TPSA) is 0 Å². The molecule has 13 heavy (non-hydrogen) atoms. The van der Waals surface area contributed by atoms with E-state index in [4.69, 9.17) is 0 Å². The predicted octanol–water partition coefficient (Wildman–Crippen LogP) is -2.81. The van der Waals surface area contributed by atoms with Crippen LogP contribution in [-0.2, 0) is 24.7 Å². The molecular formula is C10H15Cl2Zr. The summed E-state index contributed by atoms with van der Waals surface area (Å²) in [6, 6.07) is 0. The molecule has 73 valence electrons. The number of hydrogen-bond donors (Lipinski definition) is 0. The number of allylic oxidation sites excluding steroid dienone is 4. The summed E-state index contributed by atoms with van der Waals surface area (Å²) in [6.07, 6.45) is 4.90. The normalized spacial score (nSPS) is 15.4. The Morgan fingerprint density at radius 3 is 2.23 bits per heavy atom. The molecule has 0 spiro atoms. The van der Waals surface area contributed by atoms with Crippen LogP contribution in [0.15, 0.2) is 20.5 Å². The van der Waals surface area contributed by atoms with Gasteiger partial charge in [0.1, 0.15) is 0 Å². The summed E-state index contributed by atoms with van der Waals surface area (Å²) in [4.78, 5) is 0. The zero-order valence-corrected chi connectivity index (χ0v) is 12.3. The second-order valence-corrected chi connectivity index (χ2v) is 5.25. The molecule has 0 unspecified atom stereocenters. The first kappa shape index (κ1) is 16.4. The number of rotatable bonds is 2. The van der Waals surface area contributed by atoms with Gasteiger partial charge >= 0.3 is 84.8 Å². The Balaban J connectivity index is 0. The van der Waals surface area contributed by atoms with Crippen LogP contribution in [0.4, 0.5) is 0 Å². The quantitative estimate of drug-likeness (QED) is 0.516. The molecule has 0 amide bonds. The van der Waals surface area contributed by atoms with Crippen LogP contribution < -0.4 is 24.8 Å². The van der Waals surface area contributed by atoms with Gasteiger partial charge in [-0.15, -0.1) is 0 Å². The van der Waals surface area contributed by atoms with E-state index in [0.717, 1.165) is 5.92 Å². The van der Waals surface area contributed by atoms with Crippen molar-refractivity contribution in [1.82, 2.24) is 0 Å². The molecule has 0 saturated heterocycles. The summed E-state index contributed by atoms with van der Waals surface area (Å²) in [6.45, 7) is 6.81. The van der Waals surface area contributed by atoms with Crippen LogP contribution in [-0.4, -0.2) is 0 Å². The molecule has 0 saturated carbocycles. The van der Waals surface area contributed by atoms with E-state index >= 15 is 0 Å². The molecule has 0 N–H and O–H groups in total. The van der Waals surface area contributed by atoms with E-state index in [1.165, 1.54) is 12.8 Å². The van der Waals surface area contributed by atoms with Crippen LogP contribution in [0.2, 0.25) is 0 Å². The fraction of sp³-hybridized carbons (Fsp3) is 0.600. The van der Waals surface area contributed by atoms with Crippen LogP contribution >= 0.6 is 0 Å².